The second-order valence-corrected chi connectivity index (χ2v) is 6.19. The predicted octanol–water partition coefficient (Wildman–Crippen LogP) is 2.94. The van der Waals surface area contributed by atoms with Gasteiger partial charge in [-0.3, -0.25) is 4.99 Å². The number of nitrogens with zero attached hydrogens (tertiary/aromatic N) is 1. The van der Waals surface area contributed by atoms with Crippen molar-refractivity contribution < 1.29 is 14.2 Å². The van der Waals surface area contributed by atoms with Crippen LogP contribution in [0.1, 0.15) is 29.7 Å². The fraction of sp³-hybridized carbons (Fsp3) is 0.278. The Labute approximate surface area is 150 Å². The van der Waals surface area contributed by atoms with Crippen molar-refractivity contribution >= 4 is 17.6 Å². The summed E-state index contributed by atoms with van der Waals surface area (Å²) < 4.78 is 19.1. The SMILES string of the molecule is NC(=NCC(O)c1ccc(Cl)c(F)c1)NC1CCOc2ccccc21. The van der Waals surface area contributed by atoms with E-state index in [9.17, 15) is 9.50 Å². The highest BCUT2D eigenvalue weighted by Gasteiger charge is 2.21. The molecular formula is C18H19ClFN3O2. The van der Waals surface area contributed by atoms with Crippen molar-refractivity contribution in [3.8, 4) is 5.75 Å². The lowest BCUT2D eigenvalue weighted by atomic mass is 10.0. The number of para-hydroxylation sites is 1. The van der Waals surface area contributed by atoms with Gasteiger partial charge in [-0.1, -0.05) is 35.9 Å². The highest BCUT2D eigenvalue weighted by atomic mass is 35.5. The first-order valence-corrected chi connectivity index (χ1v) is 8.33. The van der Waals surface area contributed by atoms with E-state index in [1.807, 2.05) is 24.3 Å². The van der Waals surface area contributed by atoms with E-state index >= 15 is 0 Å². The van der Waals surface area contributed by atoms with Crippen molar-refractivity contribution in [3.63, 3.8) is 0 Å². The molecule has 0 saturated carbocycles. The quantitative estimate of drug-likeness (QED) is 0.576. The lowest BCUT2D eigenvalue weighted by Gasteiger charge is -2.27. The molecule has 5 nitrogen and oxygen atoms in total. The van der Waals surface area contributed by atoms with Gasteiger partial charge < -0.3 is 20.9 Å². The van der Waals surface area contributed by atoms with E-state index in [4.69, 9.17) is 22.1 Å². The van der Waals surface area contributed by atoms with Crippen molar-refractivity contribution in [3.05, 3.63) is 64.4 Å². The standard InChI is InChI=1S/C18H19ClFN3O2/c19-13-6-5-11(9-14(13)20)16(24)10-22-18(21)23-15-7-8-25-17-4-2-1-3-12(15)17/h1-6,9,15-16,24H,7-8,10H2,(H3,21,22,23). The second-order valence-electron chi connectivity index (χ2n) is 5.79. The Hall–Kier alpha value is -2.31. The summed E-state index contributed by atoms with van der Waals surface area (Å²) in [7, 11) is 0. The molecule has 0 amide bonds. The Kier molecular flexibility index (Phi) is 5.40. The Morgan fingerprint density at radius 2 is 2.20 bits per heavy atom. The normalized spacial score (nSPS) is 18.2. The molecule has 132 valence electrons. The van der Waals surface area contributed by atoms with Gasteiger partial charge in [0.2, 0.25) is 0 Å². The summed E-state index contributed by atoms with van der Waals surface area (Å²) in [6.07, 6.45) is -0.202. The fourth-order valence-electron chi connectivity index (χ4n) is 2.73. The number of aliphatic hydroxyl groups excluding tert-OH is 1. The summed E-state index contributed by atoms with van der Waals surface area (Å²) in [6, 6.07) is 11.9. The molecule has 2 unspecified atom stereocenters. The number of guanidine groups is 1. The lowest BCUT2D eigenvalue weighted by molar-refractivity contribution is 0.186. The molecular weight excluding hydrogens is 345 g/mol. The largest absolute Gasteiger partial charge is 0.493 e. The molecule has 0 fully saturated rings. The van der Waals surface area contributed by atoms with Gasteiger partial charge in [0, 0.05) is 12.0 Å². The Bertz CT molecular complexity index is 785. The zero-order valence-corrected chi connectivity index (χ0v) is 14.2. The number of hydrogen-bond acceptors (Lipinski definition) is 3. The van der Waals surface area contributed by atoms with E-state index in [-0.39, 0.29) is 23.6 Å². The average molecular weight is 364 g/mol. The minimum absolute atomic E-state index is 0.00109. The molecule has 2 aromatic carbocycles. The van der Waals surface area contributed by atoms with Crippen LogP contribution in [-0.2, 0) is 0 Å². The minimum atomic E-state index is -0.964. The molecule has 0 saturated heterocycles. The van der Waals surface area contributed by atoms with Gasteiger partial charge in [0.15, 0.2) is 5.96 Å². The number of hydrogen-bond donors (Lipinski definition) is 3. The van der Waals surface area contributed by atoms with Crippen molar-refractivity contribution in [1.29, 1.82) is 0 Å². The van der Waals surface area contributed by atoms with Gasteiger partial charge in [-0.05, 0) is 23.8 Å². The van der Waals surface area contributed by atoms with Gasteiger partial charge >= 0.3 is 0 Å². The van der Waals surface area contributed by atoms with Crippen LogP contribution in [0, 0.1) is 5.82 Å². The number of fused-ring (bicyclic) bond motifs is 1. The maximum absolute atomic E-state index is 13.5. The molecule has 2 aromatic rings. The molecule has 7 heteroatoms. The molecule has 0 spiro atoms. The van der Waals surface area contributed by atoms with Gasteiger partial charge in [0.05, 0.1) is 30.3 Å². The maximum Gasteiger partial charge on any atom is 0.189 e. The fourth-order valence-corrected chi connectivity index (χ4v) is 2.84. The summed E-state index contributed by atoms with van der Waals surface area (Å²) in [5.41, 5.74) is 7.35. The van der Waals surface area contributed by atoms with Gasteiger partial charge in [-0.25, -0.2) is 4.39 Å². The van der Waals surface area contributed by atoms with Crippen LogP contribution < -0.4 is 15.8 Å². The third-order valence-corrected chi connectivity index (χ3v) is 4.35. The van der Waals surface area contributed by atoms with Crippen molar-refractivity contribution in [2.75, 3.05) is 13.2 Å². The van der Waals surface area contributed by atoms with Gasteiger partial charge in [0.1, 0.15) is 11.6 Å². The molecule has 0 aromatic heterocycles. The molecule has 0 radical (unpaired) electrons. The zero-order valence-electron chi connectivity index (χ0n) is 13.5. The average Bonchev–Trinajstić information content (AvgIpc) is 2.62. The first kappa shape index (κ1) is 17.5. The molecule has 4 N–H and O–H groups in total. The van der Waals surface area contributed by atoms with Gasteiger partial charge in [0.25, 0.3) is 0 Å². The van der Waals surface area contributed by atoms with Crippen LogP contribution in [0.15, 0.2) is 47.5 Å². The summed E-state index contributed by atoms with van der Waals surface area (Å²) in [6.45, 7) is 0.611. The number of nitrogens with two attached hydrogens (primary N) is 1. The number of rotatable bonds is 4. The molecule has 0 aliphatic carbocycles. The molecule has 1 heterocycles. The Morgan fingerprint density at radius 3 is 3.00 bits per heavy atom. The smallest absolute Gasteiger partial charge is 0.189 e. The van der Waals surface area contributed by atoms with Crippen molar-refractivity contribution in [1.82, 2.24) is 5.32 Å². The maximum atomic E-state index is 13.5. The highest BCUT2D eigenvalue weighted by Crippen LogP contribution is 2.31. The van der Waals surface area contributed by atoms with E-state index < -0.39 is 11.9 Å². The number of nitrogens with one attached hydrogen (secondary N) is 1. The van der Waals surface area contributed by atoms with E-state index in [0.29, 0.717) is 12.2 Å². The van der Waals surface area contributed by atoms with Crippen LogP contribution in [0.5, 0.6) is 5.75 Å². The van der Waals surface area contributed by atoms with Crippen molar-refractivity contribution in [2.24, 2.45) is 10.7 Å². The number of ether oxygens (including phenoxy) is 1. The van der Waals surface area contributed by atoms with Crippen LogP contribution in [0.4, 0.5) is 4.39 Å². The van der Waals surface area contributed by atoms with Crippen LogP contribution >= 0.6 is 11.6 Å². The Morgan fingerprint density at radius 1 is 1.40 bits per heavy atom. The third kappa shape index (κ3) is 4.21. The lowest BCUT2D eigenvalue weighted by Crippen LogP contribution is -2.37. The first-order valence-electron chi connectivity index (χ1n) is 7.96. The summed E-state index contributed by atoms with van der Waals surface area (Å²) in [4.78, 5) is 4.16. The van der Waals surface area contributed by atoms with Crippen LogP contribution in [0.2, 0.25) is 5.02 Å². The highest BCUT2D eigenvalue weighted by molar-refractivity contribution is 6.30. The summed E-state index contributed by atoms with van der Waals surface area (Å²) >= 11 is 5.64. The molecule has 3 rings (SSSR count). The topological polar surface area (TPSA) is 79.9 Å². The molecule has 2 atom stereocenters. The Balaban J connectivity index is 1.63. The monoisotopic (exact) mass is 363 g/mol. The van der Waals surface area contributed by atoms with Gasteiger partial charge in [-0.15, -0.1) is 0 Å². The van der Waals surface area contributed by atoms with Crippen LogP contribution in [0.25, 0.3) is 0 Å². The van der Waals surface area contributed by atoms with Crippen LogP contribution in [0.3, 0.4) is 0 Å². The molecule has 1 aliphatic rings. The van der Waals surface area contributed by atoms with E-state index in [1.165, 1.54) is 12.1 Å². The number of aliphatic imine (C=N–C) groups is 1. The summed E-state index contributed by atoms with van der Waals surface area (Å²) in [5, 5.41) is 13.3. The predicted molar refractivity (Wildman–Crippen MR) is 95.3 cm³/mol. The molecule has 0 bridgehead atoms. The minimum Gasteiger partial charge on any atom is -0.493 e. The first-order chi connectivity index (χ1) is 12.0. The number of aliphatic hydroxyl groups is 1. The third-order valence-electron chi connectivity index (χ3n) is 4.04. The zero-order chi connectivity index (χ0) is 17.8. The van der Waals surface area contributed by atoms with E-state index in [2.05, 4.69) is 10.3 Å². The van der Waals surface area contributed by atoms with Gasteiger partial charge in [-0.2, -0.15) is 0 Å². The van der Waals surface area contributed by atoms with Crippen molar-refractivity contribution in [2.45, 2.75) is 18.6 Å². The molecule has 1 aliphatic heterocycles. The second kappa shape index (κ2) is 7.72. The summed E-state index contributed by atoms with van der Waals surface area (Å²) in [5.74, 6) is 0.470. The van der Waals surface area contributed by atoms with Crippen LogP contribution in [-0.4, -0.2) is 24.2 Å². The molecule has 25 heavy (non-hydrogen) atoms. The van der Waals surface area contributed by atoms with E-state index in [1.54, 1.807) is 6.07 Å². The number of halogens is 2. The number of benzene rings is 2. The van der Waals surface area contributed by atoms with E-state index in [0.717, 1.165) is 17.7 Å².